The number of fused-ring (bicyclic) bond motifs is 3. The number of thiazole rings is 1. The van der Waals surface area contributed by atoms with Gasteiger partial charge in [0.2, 0.25) is 0 Å². The lowest BCUT2D eigenvalue weighted by molar-refractivity contribution is -0.680. The number of thioether (sulfide) groups is 1. The Kier molecular flexibility index (Phi) is 3.21. The van der Waals surface area contributed by atoms with Crippen molar-refractivity contribution in [1.82, 2.24) is 9.80 Å². The van der Waals surface area contributed by atoms with Gasteiger partial charge in [-0.25, -0.2) is 4.79 Å². The van der Waals surface area contributed by atoms with Gasteiger partial charge in [-0.2, -0.15) is 4.57 Å². The summed E-state index contributed by atoms with van der Waals surface area (Å²) < 4.78 is 1.82. The summed E-state index contributed by atoms with van der Waals surface area (Å²) in [5.41, 5.74) is 6.22. The van der Waals surface area contributed by atoms with Gasteiger partial charge in [0.1, 0.15) is 5.69 Å². The number of carbonyl (C=O) groups excluding carboxylic acids is 2. The van der Waals surface area contributed by atoms with Crippen LogP contribution in [0.3, 0.4) is 0 Å². The molecule has 1 unspecified atom stereocenters. The first-order valence-corrected chi connectivity index (χ1v) is 7.91. The van der Waals surface area contributed by atoms with Crippen LogP contribution in [0.1, 0.15) is 11.7 Å². The van der Waals surface area contributed by atoms with Crippen molar-refractivity contribution in [2.75, 3.05) is 14.1 Å². The number of hydrogen-bond acceptors (Lipinski definition) is 6. The van der Waals surface area contributed by atoms with E-state index in [0.717, 1.165) is 10.6 Å². The number of carbonyl (C=O) groups is 2. The van der Waals surface area contributed by atoms with Crippen molar-refractivity contribution >= 4 is 51.2 Å². The highest BCUT2D eigenvalue weighted by molar-refractivity contribution is 8.13. The van der Waals surface area contributed by atoms with Crippen LogP contribution in [0.5, 0.6) is 0 Å². The molecule has 8 nitrogen and oxygen atoms in total. The summed E-state index contributed by atoms with van der Waals surface area (Å²) in [7, 11) is 3.07. The molecule has 0 bridgehead atoms. The predicted octanol–water partition coefficient (Wildman–Crippen LogP) is 0.271. The third kappa shape index (κ3) is 2.02. The molecule has 1 atom stereocenters. The molecular weight excluding hydrogens is 312 g/mol. The van der Waals surface area contributed by atoms with Gasteiger partial charge >= 0.3 is 11.2 Å². The Labute approximate surface area is 128 Å². The Morgan fingerprint density at radius 1 is 1.52 bits per heavy atom. The highest BCUT2D eigenvalue weighted by Crippen LogP contribution is 2.32. The van der Waals surface area contributed by atoms with Crippen LogP contribution in [-0.2, 0) is 10.5 Å². The number of nitrogens with two attached hydrogens (primary N) is 1. The number of hydrogen-bond donors (Lipinski definition) is 2. The smallest absolute Gasteiger partial charge is 0.379 e. The molecule has 110 valence electrons. The lowest BCUT2D eigenvalue weighted by atomic mass is 10.1. The minimum absolute atomic E-state index is 0.0223. The number of rotatable bonds is 2. The number of nitrogens with one attached hydrogen (secondary N) is 1. The van der Waals surface area contributed by atoms with Crippen LogP contribution in [0.15, 0.2) is 10.4 Å². The summed E-state index contributed by atoms with van der Waals surface area (Å²) in [6, 6.07) is -0.994. The van der Waals surface area contributed by atoms with Crippen LogP contribution in [0.25, 0.3) is 0 Å². The molecule has 1 aromatic heterocycles. The van der Waals surface area contributed by atoms with E-state index < -0.39 is 6.04 Å². The maximum Gasteiger partial charge on any atom is 0.385 e. The molecule has 2 aliphatic rings. The molecule has 3 rings (SSSR count). The maximum atomic E-state index is 12.4. The van der Waals surface area contributed by atoms with Crippen LogP contribution in [0.4, 0.5) is 9.93 Å². The van der Waals surface area contributed by atoms with Gasteiger partial charge < -0.3 is 5.73 Å². The normalized spacial score (nSPS) is 20.5. The number of nitrogens with zero attached hydrogens (tertiary/aromatic N) is 4. The standard InChI is InChI=1S/C11H13N6O2S2/c1-15-7-6(8(18)16(2)11(15)19)17-5(3-20-9(12)13)4-21-10(17)14-7/h4,6H,3H2,1-2H3,(H3,12,13)/q+1. The third-order valence-electron chi connectivity index (χ3n) is 3.39. The van der Waals surface area contributed by atoms with Crippen LogP contribution in [0.2, 0.25) is 0 Å². The van der Waals surface area contributed by atoms with Crippen molar-refractivity contribution in [2.24, 2.45) is 10.7 Å². The molecule has 1 saturated heterocycles. The monoisotopic (exact) mass is 325 g/mol. The SMILES string of the molecule is CN1C(=O)C2C(=Nc3scc(CSC(=N)N)[n+]32)N(C)C1=O. The zero-order chi connectivity index (χ0) is 15.3. The molecule has 10 heteroatoms. The molecule has 1 fully saturated rings. The van der Waals surface area contributed by atoms with Crippen molar-refractivity contribution in [1.29, 1.82) is 5.41 Å². The van der Waals surface area contributed by atoms with Gasteiger partial charge in [-0.05, 0) is 4.99 Å². The van der Waals surface area contributed by atoms with Crippen LogP contribution < -0.4 is 10.3 Å². The number of urea groups is 1. The van der Waals surface area contributed by atoms with Crippen molar-refractivity contribution < 1.29 is 14.2 Å². The van der Waals surface area contributed by atoms with Gasteiger partial charge in [-0.3, -0.25) is 20.0 Å². The first-order chi connectivity index (χ1) is 9.91. The van der Waals surface area contributed by atoms with E-state index in [1.807, 2.05) is 9.95 Å². The molecule has 3 heterocycles. The molecule has 0 spiro atoms. The molecule has 1 aromatic rings. The van der Waals surface area contributed by atoms with E-state index in [0.29, 0.717) is 16.7 Å². The summed E-state index contributed by atoms with van der Waals surface area (Å²) >= 11 is 2.59. The molecule has 0 aliphatic carbocycles. The van der Waals surface area contributed by atoms with Gasteiger partial charge in [-0.15, -0.1) is 0 Å². The summed E-state index contributed by atoms with van der Waals surface area (Å²) in [4.78, 5) is 31.3. The quantitative estimate of drug-likeness (QED) is 0.462. The van der Waals surface area contributed by atoms with Crippen molar-refractivity contribution in [3.05, 3.63) is 11.1 Å². The number of imide groups is 1. The fraction of sp³-hybridized carbons (Fsp3) is 0.364. The molecule has 3 N–H and O–H groups in total. The number of likely N-dealkylation sites (N-methyl/N-ethyl adjacent to an activating group) is 2. The third-order valence-corrected chi connectivity index (χ3v) is 5.03. The van der Waals surface area contributed by atoms with Gasteiger partial charge in [0.05, 0.1) is 5.75 Å². The highest BCUT2D eigenvalue weighted by Gasteiger charge is 2.53. The van der Waals surface area contributed by atoms with Gasteiger partial charge in [0.15, 0.2) is 5.17 Å². The van der Waals surface area contributed by atoms with Crippen molar-refractivity contribution in [3.63, 3.8) is 0 Å². The first-order valence-electron chi connectivity index (χ1n) is 6.04. The molecule has 3 amide bonds. The number of aliphatic imine (C=N–C) groups is 1. The Balaban J connectivity index is 2.00. The van der Waals surface area contributed by atoms with Crippen molar-refractivity contribution in [3.8, 4) is 0 Å². The number of aromatic nitrogens is 1. The fourth-order valence-corrected chi connectivity index (χ4v) is 3.88. The molecule has 0 saturated carbocycles. The summed E-state index contributed by atoms with van der Waals surface area (Å²) in [6.45, 7) is 0. The topological polar surface area (TPSA) is 107 Å². The van der Waals surface area contributed by atoms with E-state index in [1.165, 1.54) is 35.0 Å². The Bertz CT molecular complexity index is 697. The summed E-state index contributed by atoms with van der Waals surface area (Å²) in [5, 5.41) is 9.88. The predicted molar refractivity (Wildman–Crippen MR) is 79.8 cm³/mol. The van der Waals surface area contributed by atoms with E-state index in [1.54, 1.807) is 7.05 Å². The second kappa shape index (κ2) is 4.81. The van der Waals surface area contributed by atoms with E-state index >= 15 is 0 Å². The number of amidine groups is 2. The van der Waals surface area contributed by atoms with Crippen LogP contribution >= 0.6 is 23.1 Å². The summed E-state index contributed by atoms with van der Waals surface area (Å²) in [6.07, 6.45) is 0. The molecular formula is C11H13N6O2S2+. The first kappa shape index (κ1) is 14.0. The fourth-order valence-electron chi connectivity index (χ4n) is 2.32. The molecule has 2 aliphatic heterocycles. The molecule has 0 radical (unpaired) electrons. The largest absolute Gasteiger partial charge is 0.385 e. The second-order valence-corrected chi connectivity index (χ2v) is 6.50. The minimum atomic E-state index is -0.610. The van der Waals surface area contributed by atoms with Crippen LogP contribution in [-0.4, -0.2) is 46.8 Å². The van der Waals surface area contributed by atoms with Crippen LogP contribution in [0, 0.1) is 5.41 Å². The lowest BCUT2D eigenvalue weighted by Crippen LogP contribution is -2.62. The highest BCUT2D eigenvalue weighted by atomic mass is 32.2. The minimum Gasteiger partial charge on any atom is -0.379 e. The van der Waals surface area contributed by atoms with E-state index in [2.05, 4.69) is 4.99 Å². The van der Waals surface area contributed by atoms with E-state index in [4.69, 9.17) is 11.1 Å². The Morgan fingerprint density at radius 3 is 2.90 bits per heavy atom. The lowest BCUT2D eigenvalue weighted by Gasteiger charge is -2.29. The van der Waals surface area contributed by atoms with E-state index in [9.17, 15) is 9.59 Å². The van der Waals surface area contributed by atoms with Crippen molar-refractivity contribution in [2.45, 2.75) is 11.8 Å². The molecule has 0 aromatic carbocycles. The number of amides is 3. The van der Waals surface area contributed by atoms with E-state index in [-0.39, 0.29) is 17.1 Å². The Hall–Kier alpha value is -1.94. The van der Waals surface area contributed by atoms with Gasteiger partial charge in [-0.1, -0.05) is 23.1 Å². The second-order valence-electron chi connectivity index (χ2n) is 4.64. The Morgan fingerprint density at radius 2 is 2.24 bits per heavy atom. The average Bonchev–Trinajstić information content (AvgIpc) is 2.99. The zero-order valence-electron chi connectivity index (χ0n) is 11.4. The average molecular weight is 325 g/mol. The molecule has 21 heavy (non-hydrogen) atoms. The zero-order valence-corrected chi connectivity index (χ0v) is 13.0. The summed E-state index contributed by atoms with van der Waals surface area (Å²) in [5.74, 6) is 0.636. The van der Waals surface area contributed by atoms with Gasteiger partial charge in [0.25, 0.3) is 17.8 Å². The van der Waals surface area contributed by atoms with Gasteiger partial charge in [0, 0.05) is 19.5 Å². The maximum absolute atomic E-state index is 12.4.